The van der Waals surface area contributed by atoms with Crippen LogP contribution in [0.3, 0.4) is 0 Å². The number of halogens is 1. The lowest BCUT2D eigenvalue weighted by Crippen LogP contribution is -2.37. The molecule has 4 rings (SSSR count). The van der Waals surface area contributed by atoms with Crippen molar-refractivity contribution in [2.45, 2.75) is 32.7 Å². The van der Waals surface area contributed by atoms with Gasteiger partial charge in [0, 0.05) is 56.0 Å². The van der Waals surface area contributed by atoms with E-state index in [4.69, 9.17) is 0 Å². The highest BCUT2D eigenvalue weighted by Gasteiger charge is 2.17. The van der Waals surface area contributed by atoms with Gasteiger partial charge in [-0.3, -0.25) is 4.99 Å². The van der Waals surface area contributed by atoms with Crippen molar-refractivity contribution in [2.24, 2.45) is 4.99 Å². The third-order valence-electron chi connectivity index (χ3n) is 5.86. The molecule has 0 atom stereocenters. The van der Waals surface area contributed by atoms with Gasteiger partial charge in [0.25, 0.3) is 0 Å². The molecule has 7 nitrogen and oxygen atoms in total. The second-order valence-corrected chi connectivity index (χ2v) is 8.29. The molecule has 176 valence electrons. The number of guanidine groups is 1. The molecule has 4 N–H and O–H groups in total. The number of amides is 2. The molecule has 1 fully saturated rings. The third-order valence-corrected chi connectivity index (χ3v) is 5.86. The summed E-state index contributed by atoms with van der Waals surface area (Å²) in [6.07, 6.45) is 5.17. The predicted octanol–water partition coefficient (Wildman–Crippen LogP) is 4.63. The number of aromatic nitrogens is 1. The summed E-state index contributed by atoms with van der Waals surface area (Å²) in [6, 6.07) is 14.4. The van der Waals surface area contributed by atoms with E-state index < -0.39 is 0 Å². The second-order valence-electron chi connectivity index (χ2n) is 8.29. The number of urea groups is 1. The number of hydrogen-bond donors (Lipinski definition) is 4. The molecular formula is C25H33IN6O. The number of H-pyrrole nitrogens is 1. The van der Waals surface area contributed by atoms with Crippen molar-refractivity contribution >= 4 is 52.6 Å². The van der Waals surface area contributed by atoms with Gasteiger partial charge in [0.1, 0.15) is 0 Å². The highest BCUT2D eigenvalue weighted by atomic mass is 127. The summed E-state index contributed by atoms with van der Waals surface area (Å²) in [5.74, 6) is 0.757. The average Bonchev–Trinajstić information content (AvgIpc) is 3.47. The van der Waals surface area contributed by atoms with Crippen LogP contribution in [0.15, 0.2) is 53.7 Å². The number of aryl methyl sites for hydroxylation is 1. The predicted molar refractivity (Wildman–Crippen MR) is 147 cm³/mol. The van der Waals surface area contributed by atoms with Crippen molar-refractivity contribution in [3.63, 3.8) is 0 Å². The number of nitrogens with zero attached hydrogens (tertiary/aromatic N) is 2. The average molecular weight is 560 g/mol. The molecule has 0 radical (unpaired) electrons. The molecule has 33 heavy (non-hydrogen) atoms. The van der Waals surface area contributed by atoms with E-state index in [2.05, 4.69) is 57.2 Å². The SMILES string of the molecule is CN=C(NCCc1c[nH]c2cc(C)ccc12)NCc1cccc(NC(=O)N2CCCC2)c1.I. The summed E-state index contributed by atoms with van der Waals surface area (Å²) in [7, 11) is 1.77. The van der Waals surface area contributed by atoms with Gasteiger partial charge in [-0.15, -0.1) is 24.0 Å². The van der Waals surface area contributed by atoms with Gasteiger partial charge in [-0.05, 0) is 61.1 Å². The summed E-state index contributed by atoms with van der Waals surface area (Å²) < 4.78 is 0. The van der Waals surface area contributed by atoms with Crippen LogP contribution in [0.4, 0.5) is 10.5 Å². The van der Waals surface area contributed by atoms with Gasteiger partial charge < -0.3 is 25.8 Å². The van der Waals surface area contributed by atoms with Crippen LogP contribution in [-0.2, 0) is 13.0 Å². The van der Waals surface area contributed by atoms with Crippen molar-refractivity contribution in [1.82, 2.24) is 20.5 Å². The highest BCUT2D eigenvalue weighted by molar-refractivity contribution is 14.0. The number of rotatable bonds is 6. The zero-order valence-corrected chi connectivity index (χ0v) is 21.6. The molecule has 0 bridgehead atoms. The molecule has 0 saturated carbocycles. The largest absolute Gasteiger partial charge is 0.361 e. The minimum atomic E-state index is -0.0162. The Kier molecular flexibility index (Phi) is 8.99. The lowest BCUT2D eigenvalue weighted by atomic mass is 10.1. The second kappa shape index (κ2) is 11.9. The quantitative estimate of drug-likeness (QED) is 0.202. The monoisotopic (exact) mass is 560 g/mol. The molecule has 1 saturated heterocycles. The molecule has 0 aliphatic carbocycles. The minimum absolute atomic E-state index is 0. The van der Waals surface area contributed by atoms with Gasteiger partial charge in [0.2, 0.25) is 0 Å². The number of aromatic amines is 1. The fourth-order valence-corrected chi connectivity index (χ4v) is 4.11. The van der Waals surface area contributed by atoms with E-state index in [-0.39, 0.29) is 30.0 Å². The summed E-state index contributed by atoms with van der Waals surface area (Å²) in [6.45, 7) is 5.20. The van der Waals surface area contributed by atoms with Crippen molar-refractivity contribution in [3.05, 3.63) is 65.4 Å². The number of hydrogen-bond acceptors (Lipinski definition) is 2. The van der Waals surface area contributed by atoms with Gasteiger partial charge in [-0.25, -0.2) is 4.79 Å². The van der Waals surface area contributed by atoms with Crippen LogP contribution in [0.5, 0.6) is 0 Å². The fraction of sp³-hybridized carbons (Fsp3) is 0.360. The summed E-state index contributed by atoms with van der Waals surface area (Å²) in [5.41, 5.74) is 5.63. The summed E-state index contributed by atoms with van der Waals surface area (Å²) in [5, 5.41) is 11.0. The van der Waals surface area contributed by atoms with Crippen LogP contribution >= 0.6 is 24.0 Å². The van der Waals surface area contributed by atoms with E-state index in [0.29, 0.717) is 6.54 Å². The number of benzene rings is 2. The molecule has 8 heteroatoms. The van der Waals surface area contributed by atoms with Gasteiger partial charge in [0.05, 0.1) is 0 Å². The highest BCUT2D eigenvalue weighted by Crippen LogP contribution is 2.19. The Morgan fingerprint density at radius 3 is 2.73 bits per heavy atom. The zero-order valence-electron chi connectivity index (χ0n) is 19.3. The molecule has 1 aromatic heterocycles. The van der Waals surface area contributed by atoms with Crippen molar-refractivity contribution in [2.75, 3.05) is 32.0 Å². The first-order valence-corrected chi connectivity index (χ1v) is 11.3. The molecule has 0 spiro atoms. The maximum atomic E-state index is 12.3. The molecule has 2 heterocycles. The van der Waals surface area contributed by atoms with Gasteiger partial charge in [-0.2, -0.15) is 0 Å². The smallest absolute Gasteiger partial charge is 0.321 e. The lowest BCUT2D eigenvalue weighted by Gasteiger charge is -2.17. The van der Waals surface area contributed by atoms with E-state index in [1.54, 1.807) is 7.05 Å². The number of nitrogens with one attached hydrogen (secondary N) is 4. The number of carbonyl (C=O) groups excluding carboxylic acids is 1. The van der Waals surface area contributed by atoms with Crippen LogP contribution in [0.25, 0.3) is 10.9 Å². The van der Waals surface area contributed by atoms with Crippen LogP contribution < -0.4 is 16.0 Å². The lowest BCUT2D eigenvalue weighted by molar-refractivity contribution is 0.222. The van der Waals surface area contributed by atoms with Crippen LogP contribution in [0, 0.1) is 6.92 Å². The number of anilines is 1. The minimum Gasteiger partial charge on any atom is -0.361 e. The van der Waals surface area contributed by atoms with E-state index in [1.807, 2.05) is 29.2 Å². The van der Waals surface area contributed by atoms with Crippen molar-refractivity contribution < 1.29 is 4.79 Å². The van der Waals surface area contributed by atoms with Crippen molar-refractivity contribution in [1.29, 1.82) is 0 Å². The van der Waals surface area contributed by atoms with Crippen LogP contribution in [-0.4, -0.2) is 48.6 Å². The number of carbonyl (C=O) groups is 1. The normalized spacial score (nSPS) is 13.6. The van der Waals surface area contributed by atoms with Crippen LogP contribution in [0.2, 0.25) is 0 Å². The Labute approximate surface area is 212 Å². The first kappa shape index (κ1) is 24.9. The molecule has 2 aromatic carbocycles. The number of fused-ring (bicyclic) bond motifs is 1. The van der Waals surface area contributed by atoms with E-state index in [0.717, 1.165) is 56.1 Å². The molecule has 1 aliphatic rings. The van der Waals surface area contributed by atoms with E-state index >= 15 is 0 Å². The fourth-order valence-electron chi connectivity index (χ4n) is 4.11. The molecular weight excluding hydrogens is 527 g/mol. The zero-order chi connectivity index (χ0) is 22.3. The Bertz CT molecular complexity index is 1100. The maximum Gasteiger partial charge on any atom is 0.321 e. The third kappa shape index (κ3) is 6.63. The van der Waals surface area contributed by atoms with Gasteiger partial charge >= 0.3 is 6.03 Å². The standard InChI is InChI=1S/C25H32N6O.HI/c1-18-8-9-22-20(17-28-23(22)14-18)10-11-27-24(26-2)29-16-19-6-5-7-21(15-19)30-25(32)31-12-3-4-13-31;/h5-9,14-15,17,28H,3-4,10-13,16H2,1-2H3,(H,30,32)(H2,26,27,29);1H. The first-order chi connectivity index (χ1) is 15.6. The Balaban J connectivity index is 0.00000306. The Morgan fingerprint density at radius 1 is 1.12 bits per heavy atom. The summed E-state index contributed by atoms with van der Waals surface area (Å²) in [4.78, 5) is 21.9. The van der Waals surface area contributed by atoms with E-state index in [9.17, 15) is 4.79 Å². The molecule has 0 unspecified atom stereocenters. The van der Waals surface area contributed by atoms with Crippen LogP contribution in [0.1, 0.15) is 29.5 Å². The first-order valence-electron chi connectivity index (χ1n) is 11.3. The molecule has 3 aromatic rings. The summed E-state index contributed by atoms with van der Waals surface area (Å²) >= 11 is 0. The topological polar surface area (TPSA) is 84.5 Å². The molecule has 2 amide bonds. The Hall–Kier alpha value is -2.75. The number of likely N-dealkylation sites (tertiary alicyclic amines) is 1. The van der Waals surface area contributed by atoms with Crippen molar-refractivity contribution in [3.8, 4) is 0 Å². The molecule has 1 aliphatic heterocycles. The van der Waals surface area contributed by atoms with E-state index in [1.165, 1.54) is 22.0 Å². The number of aliphatic imine (C=N–C) groups is 1. The van der Waals surface area contributed by atoms with Gasteiger partial charge in [0.15, 0.2) is 5.96 Å². The van der Waals surface area contributed by atoms with Gasteiger partial charge in [-0.1, -0.05) is 24.3 Å². The maximum absolute atomic E-state index is 12.3. The Morgan fingerprint density at radius 2 is 1.94 bits per heavy atom.